The van der Waals surface area contributed by atoms with Crippen molar-refractivity contribution in [2.75, 3.05) is 6.54 Å². The molecular weight excluding hydrogens is 274 g/mol. The van der Waals surface area contributed by atoms with E-state index in [2.05, 4.69) is 10.3 Å². The quantitative estimate of drug-likeness (QED) is 0.883. The van der Waals surface area contributed by atoms with Gasteiger partial charge >= 0.3 is 0 Å². The van der Waals surface area contributed by atoms with Crippen LogP contribution in [0.15, 0.2) is 30.5 Å². The Bertz CT molecular complexity index is 620. The van der Waals surface area contributed by atoms with Gasteiger partial charge in [0.15, 0.2) is 0 Å². The number of nitrogens with zero attached hydrogens (tertiary/aromatic N) is 1. The summed E-state index contributed by atoms with van der Waals surface area (Å²) in [7, 11) is 0. The van der Waals surface area contributed by atoms with Crippen molar-refractivity contribution < 1.29 is 9.59 Å². The highest BCUT2D eigenvalue weighted by molar-refractivity contribution is 7.16. The first-order chi connectivity index (χ1) is 9.61. The van der Waals surface area contributed by atoms with E-state index in [1.54, 1.807) is 30.5 Å². The minimum atomic E-state index is -0.463. The van der Waals surface area contributed by atoms with Gasteiger partial charge in [-0.3, -0.25) is 9.59 Å². The maximum absolute atomic E-state index is 11.8. The second-order valence-corrected chi connectivity index (χ2v) is 5.26. The van der Waals surface area contributed by atoms with Gasteiger partial charge in [0, 0.05) is 17.7 Å². The molecule has 0 fully saturated rings. The normalized spacial score (nSPS) is 10.2. The Kier molecular flexibility index (Phi) is 4.47. The summed E-state index contributed by atoms with van der Waals surface area (Å²) in [5, 5.41) is 3.55. The van der Waals surface area contributed by atoms with Crippen LogP contribution in [0.2, 0.25) is 0 Å². The number of hydrogen-bond acceptors (Lipinski definition) is 4. The fourth-order valence-electron chi connectivity index (χ4n) is 1.62. The van der Waals surface area contributed by atoms with Crippen molar-refractivity contribution in [1.82, 2.24) is 10.3 Å². The number of primary amides is 1. The number of carbonyl (C=O) groups excluding carboxylic acids is 2. The van der Waals surface area contributed by atoms with E-state index in [4.69, 9.17) is 5.73 Å². The molecule has 104 valence electrons. The van der Waals surface area contributed by atoms with Crippen molar-refractivity contribution in [3.63, 3.8) is 0 Å². The molecule has 0 spiro atoms. The molecule has 0 saturated carbocycles. The average Bonchev–Trinajstić information content (AvgIpc) is 2.94. The minimum absolute atomic E-state index is 0.107. The average molecular weight is 289 g/mol. The molecule has 0 unspecified atom stereocenters. The molecule has 0 radical (unpaired) electrons. The Balaban J connectivity index is 2.16. The van der Waals surface area contributed by atoms with Gasteiger partial charge in [0.2, 0.25) is 5.91 Å². The number of nitrogens with one attached hydrogen (secondary N) is 1. The van der Waals surface area contributed by atoms with E-state index in [9.17, 15) is 9.59 Å². The summed E-state index contributed by atoms with van der Waals surface area (Å²) in [5.74, 6) is -0.570. The third-order valence-electron chi connectivity index (χ3n) is 2.68. The summed E-state index contributed by atoms with van der Waals surface area (Å²) in [6, 6.07) is 6.84. The molecule has 5 nitrogen and oxygen atoms in total. The maximum atomic E-state index is 11.8. The van der Waals surface area contributed by atoms with Gasteiger partial charge in [-0.2, -0.15) is 0 Å². The minimum Gasteiger partial charge on any atom is -0.366 e. The van der Waals surface area contributed by atoms with E-state index in [1.807, 2.05) is 6.92 Å². The fraction of sp³-hybridized carbons (Fsp3) is 0.214. The molecule has 2 amide bonds. The molecule has 20 heavy (non-hydrogen) atoms. The summed E-state index contributed by atoms with van der Waals surface area (Å²) in [5.41, 5.74) is 6.49. The van der Waals surface area contributed by atoms with E-state index < -0.39 is 5.91 Å². The number of amides is 2. The van der Waals surface area contributed by atoms with E-state index in [0.29, 0.717) is 17.0 Å². The van der Waals surface area contributed by atoms with Crippen molar-refractivity contribution in [3.05, 3.63) is 40.9 Å². The van der Waals surface area contributed by atoms with Gasteiger partial charge in [0.05, 0.1) is 6.20 Å². The third kappa shape index (κ3) is 3.21. The maximum Gasteiger partial charge on any atom is 0.263 e. The number of nitrogens with two attached hydrogens (primary N) is 1. The second kappa shape index (κ2) is 6.29. The highest BCUT2D eigenvalue weighted by atomic mass is 32.1. The zero-order valence-electron chi connectivity index (χ0n) is 11.1. The lowest BCUT2D eigenvalue weighted by molar-refractivity contribution is 0.0956. The van der Waals surface area contributed by atoms with Crippen LogP contribution in [0.1, 0.15) is 33.4 Å². The Morgan fingerprint density at radius 2 is 2.00 bits per heavy atom. The molecule has 1 aromatic carbocycles. The van der Waals surface area contributed by atoms with Crippen LogP contribution in [-0.4, -0.2) is 23.3 Å². The fourth-order valence-corrected chi connectivity index (χ4v) is 2.45. The van der Waals surface area contributed by atoms with Crippen LogP contribution in [0.5, 0.6) is 0 Å². The molecule has 0 saturated heterocycles. The highest BCUT2D eigenvalue weighted by Gasteiger charge is 2.11. The smallest absolute Gasteiger partial charge is 0.263 e. The molecule has 0 aliphatic rings. The molecule has 1 heterocycles. The summed E-state index contributed by atoms with van der Waals surface area (Å²) < 4.78 is 0. The van der Waals surface area contributed by atoms with Gasteiger partial charge in [-0.05, 0) is 18.6 Å². The lowest BCUT2D eigenvalue weighted by atomic mass is 10.1. The van der Waals surface area contributed by atoms with Gasteiger partial charge in [0.1, 0.15) is 9.88 Å². The number of rotatable bonds is 5. The lowest BCUT2D eigenvalue weighted by Gasteiger charge is -1.99. The summed E-state index contributed by atoms with van der Waals surface area (Å²) in [6.45, 7) is 2.65. The molecule has 3 N–H and O–H groups in total. The van der Waals surface area contributed by atoms with Crippen molar-refractivity contribution >= 4 is 23.2 Å². The van der Waals surface area contributed by atoms with Gasteiger partial charge < -0.3 is 11.1 Å². The first kappa shape index (κ1) is 14.2. The Morgan fingerprint density at radius 1 is 1.30 bits per heavy atom. The summed E-state index contributed by atoms with van der Waals surface area (Å²) >= 11 is 1.32. The van der Waals surface area contributed by atoms with Crippen molar-refractivity contribution in [1.29, 1.82) is 0 Å². The predicted octanol–water partition coefficient (Wildman–Crippen LogP) is 2.05. The molecule has 2 rings (SSSR count). The highest BCUT2D eigenvalue weighted by Crippen LogP contribution is 2.25. The molecule has 1 aromatic heterocycles. The van der Waals surface area contributed by atoms with Crippen molar-refractivity contribution in [2.45, 2.75) is 13.3 Å². The van der Waals surface area contributed by atoms with Crippen LogP contribution in [0.3, 0.4) is 0 Å². The first-order valence-electron chi connectivity index (χ1n) is 6.26. The van der Waals surface area contributed by atoms with Gasteiger partial charge in [-0.1, -0.05) is 19.1 Å². The standard InChI is InChI=1S/C14H15N3O2S/c1-2-7-16-13(19)11-8-17-14(20-11)10-5-3-9(4-6-10)12(15)18/h3-6,8H,2,7H2,1H3,(H2,15,18)(H,16,19). The van der Waals surface area contributed by atoms with E-state index in [-0.39, 0.29) is 5.91 Å². The Labute approximate surface area is 120 Å². The number of hydrogen-bond donors (Lipinski definition) is 2. The zero-order valence-corrected chi connectivity index (χ0v) is 11.9. The molecule has 0 aliphatic carbocycles. The number of carbonyl (C=O) groups is 2. The van der Waals surface area contributed by atoms with E-state index >= 15 is 0 Å². The van der Waals surface area contributed by atoms with Crippen LogP contribution in [0.25, 0.3) is 10.6 Å². The van der Waals surface area contributed by atoms with Gasteiger partial charge in [-0.25, -0.2) is 4.98 Å². The number of aromatic nitrogens is 1. The molecule has 0 atom stereocenters. The van der Waals surface area contributed by atoms with Crippen LogP contribution in [0, 0.1) is 0 Å². The van der Waals surface area contributed by atoms with Gasteiger partial charge in [-0.15, -0.1) is 11.3 Å². The van der Waals surface area contributed by atoms with Crippen molar-refractivity contribution in [2.24, 2.45) is 5.73 Å². The van der Waals surface area contributed by atoms with Crippen molar-refractivity contribution in [3.8, 4) is 10.6 Å². The van der Waals surface area contributed by atoms with Crippen LogP contribution in [0.4, 0.5) is 0 Å². The summed E-state index contributed by atoms with van der Waals surface area (Å²) in [4.78, 5) is 27.6. The third-order valence-corrected chi connectivity index (χ3v) is 3.73. The monoisotopic (exact) mass is 289 g/mol. The first-order valence-corrected chi connectivity index (χ1v) is 7.07. The van der Waals surface area contributed by atoms with Crippen LogP contribution in [-0.2, 0) is 0 Å². The van der Waals surface area contributed by atoms with E-state index in [0.717, 1.165) is 17.0 Å². The van der Waals surface area contributed by atoms with Crippen LogP contribution < -0.4 is 11.1 Å². The number of benzene rings is 1. The number of thiazole rings is 1. The Hall–Kier alpha value is -2.21. The lowest BCUT2D eigenvalue weighted by Crippen LogP contribution is -2.22. The molecule has 0 bridgehead atoms. The Morgan fingerprint density at radius 3 is 2.60 bits per heavy atom. The molecule has 0 aliphatic heterocycles. The molecular formula is C14H15N3O2S. The SMILES string of the molecule is CCCNC(=O)c1cnc(-c2ccc(C(N)=O)cc2)s1. The van der Waals surface area contributed by atoms with Crippen LogP contribution >= 0.6 is 11.3 Å². The molecule has 2 aromatic rings. The second-order valence-electron chi connectivity index (χ2n) is 4.23. The predicted molar refractivity (Wildman–Crippen MR) is 78.7 cm³/mol. The summed E-state index contributed by atoms with van der Waals surface area (Å²) in [6.07, 6.45) is 2.46. The van der Waals surface area contributed by atoms with Gasteiger partial charge in [0.25, 0.3) is 5.91 Å². The largest absolute Gasteiger partial charge is 0.366 e. The zero-order chi connectivity index (χ0) is 14.5. The molecule has 6 heteroatoms. The van der Waals surface area contributed by atoms with E-state index in [1.165, 1.54) is 11.3 Å². The topological polar surface area (TPSA) is 85.1 Å².